The third-order valence-corrected chi connectivity index (χ3v) is 7.92. The molecule has 1 aliphatic carbocycles. The molecule has 4 heterocycles. The summed E-state index contributed by atoms with van der Waals surface area (Å²) >= 11 is 5.84. The highest BCUT2D eigenvalue weighted by Gasteiger charge is 2.46. The topological polar surface area (TPSA) is 115 Å². The minimum atomic E-state index is -4.85. The molecule has 2 aromatic rings. The molecule has 5 rings (SSSR count). The summed E-state index contributed by atoms with van der Waals surface area (Å²) in [5.41, 5.74) is -2.89. The van der Waals surface area contributed by atoms with Crippen molar-refractivity contribution in [3.05, 3.63) is 39.5 Å². The molecule has 3 atom stereocenters. The minimum Gasteiger partial charge on any atom is -0.366 e. The van der Waals surface area contributed by atoms with Gasteiger partial charge in [-0.3, -0.25) is 14.4 Å². The van der Waals surface area contributed by atoms with Gasteiger partial charge in [-0.2, -0.15) is 18.3 Å². The average molecular weight is 554 g/mol. The van der Waals surface area contributed by atoms with E-state index in [4.69, 9.17) is 11.6 Å². The number of alkyl halides is 3. The number of Topliss-reactive ketones (excluding diaryl/α,β-unsaturated/α-hetero) is 1. The van der Waals surface area contributed by atoms with Crippen LogP contribution in [-0.4, -0.2) is 75.5 Å². The molecule has 0 radical (unpaired) electrons. The van der Waals surface area contributed by atoms with Crippen LogP contribution in [0.4, 0.5) is 24.8 Å². The molecule has 0 bridgehead atoms. The number of hydrogen-bond donors (Lipinski definition) is 1. The number of aromatic nitrogens is 4. The second-order valence-corrected chi connectivity index (χ2v) is 10.4. The molecule has 3 fully saturated rings. The van der Waals surface area contributed by atoms with E-state index in [0.717, 1.165) is 6.20 Å². The summed E-state index contributed by atoms with van der Waals surface area (Å²) in [5.74, 6) is -0.612. The van der Waals surface area contributed by atoms with Crippen molar-refractivity contribution >= 4 is 34.9 Å². The van der Waals surface area contributed by atoms with Gasteiger partial charge in [0.1, 0.15) is 11.3 Å². The number of carbonyl (C=O) groups is 2. The third-order valence-electron chi connectivity index (χ3n) is 7.73. The molecule has 1 N–H and O–H groups in total. The Labute approximate surface area is 221 Å². The number of amides is 1. The molecule has 38 heavy (non-hydrogen) atoms. The number of ketones is 1. The van der Waals surface area contributed by atoms with Gasteiger partial charge in [0.25, 0.3) is 5.56 Å². The minimum absolute atomic E-state index is 0.0832. The maximum atomic E-state index is 13.7. The summed E-state index contributed by atoms with van der Waals surface area (Å²) in [6.07, 6.45) is 1.43. The quantitative estimate of drug-likeness (QED) is 0.601. The lowest BCUT2D eigenvalue weighted by molar-refractivity contribution is -0.138. The van der Waals surface area contributed by atoms with E-state index in [-0.39, 0.29) is 23.8 Å². The maximum Gasteiger partial charge on any atom is 0.423 e. The first-order chi connectivity index (χ1) is 18.1. The number of anilines is 2. The Morgan fingerprint density at radius 3 is 2.42 bits per heavy atom. The van der Waals surface area contributed by atoms with Crippen LogP contribution in [0.3, 0.4) is 0 Å². The smallest absolute Gasteiger partial charge is 0.366 e. The predicted octanol–water partition coefficient (Wildman–Crippen LogP) is 2.54. The second kappa shape index (κ2) is 10.5. The molecular formula is C24H27ClF3N7O3. The van der Waals surface area contributed by atoms with Crippen molar-refractivity contribution in [1.29, 1.82) is 0 Å². The van der Waals surface area contributed by atoms with Crippen LogP contribution in [0, 0.1) is 11.8 Å². The van der Waals surface area contributed by atoms with Crippen molar-refractivity contribution in [3.63, 3.8) is 0 Å². The molecule has 2 aliphatic heterocycles. The number of carbonyl (C=O) groups excluding carboxylic acids is 2. The van der Waals surface area contributed by atoms with E-state index in [1.54, 1.807) is 4.90 Å². The highest BCUT2D eigenvalue weighted by atomic mass is 35.5. The van der Waals surface area contributed by atoms with Crippen LogP contribution < -0.4 is 15.4 Å². The van der Waals surface area contributed by atoms with Crippen molar-refractivity contribution in [2.24, 2.45) is 11.8 Å². The summed E-state index contributed by atoms with van der Waals surface area (Å²) in [6, 6.07) is -0.463. The van der Waals surface area contributed by atoms with Crippen LogP contribution in [0.2, 0.25) is 5.02 Å². The van der Waals surface area contributed by atoms with Crippen LogP contribution in [0.5, 0.6) is 0 Å². The van der Waals surface area contributed by atoms with E-state index in [1.807, 2.05) is 10.00 Å². The number of rotatable bonds is 5. The fourth-order valence-corrected chi connectivity index (χ4v) is 6.01. The monoisotopic (exact) mass is 553 g/mol. The summed E-state index contributed by atoms with van der Waals surface area (Å²) < 4.78 is 41.0. The summed E-state index contributed by atoms with van der Waals surface area (Å²) in [7, 11) is 0. The average Bonchev–Trinajstić information content (AvgIpc) is 3.50. The molecule has 0 aromatic carbocycles. The molecule has 0 unspecified atom stereocenters. The Hall–Kier alpha value is -3.22. The number of nitrogens with zero attached hydrogens (tertiary/aromatic N) is 6. The molecule has 14 heteroatoms. The van der Waals surface area contributed by atoms with Gasteiger partial charge in [0, 0.05) is 57.0 Å². The van der Waals surface area contributed by atoms with Crippen molar-refractivity contribution in [1.82, 2.24) is 25.1 Å². The van der Waals surface area contributed by atoms with E-state index in [2.05, 4.69) is 15.1 Å². The Morgan fingerprint density at radius 1 is 1.03 bits per heavy atom. The summed E-state index contributed by atoms with van der Waals surface area (Å²) in [4.78, 5) is 52.0. The second-order valence-electron chi connectivity index (χ2n) is 9.92. The molecule has 204 valence electrons. The first-order valence-electron chi connectivity index (χ1n) is 12.6. The highest BCUT2D eigenvalue weighted by molar-refractivity contribution is 6.30. The normalized spacial score (nSPS) is 24.4. The van der Waals surface area contributed by atoms with E-state index < -0.39 is 35.2 Å². The van der Waals surface area contributed by atoms with Crippen molar-refractivity contribution in [2.45, 2.75) is 44.3 Å². The van der Waals surface area contributed by atoms with Crippen molar-refractivity contribution in [3.8, 4) is 0 Å². The van der Waals surface area contributed by atoms with Crippen LogP contribution >= 0.6 is 11.6 Å². The van der Waals surface area contributed by atoms with Gasteiger partial charge < -0.3 is 14.7 Å². The van der Waals surface area contributed by atoms with Gasteiger partial charge in [-0.25, -0.2) is 15.1 Å². The first kappa shape index (κ1) is 26.4. The number of halogens is 4. The zero-order valence-electron chi connectivity index (χ0n) is 20.5. The largest absolute Gasteiger partial charge is 0.423 e. The van der Waals surface area contributed by atoms with E-state index in [1.165, 1.54) is 17.3 Å². The van der Waals surface area contributed by atoms with Crippen LogP contribution in [-0.2, 0) is 15.8 Å². The Kier molecular flexibility index (Phi) is 7.30. The molecule has 1 amide bonds. The summed E-state index contributed by atoms with van der Waals surface area (Å²) in [6.45, 7) is 2.35. The zero-order chi connectivity index (χ0) is 27.0. The van der Waals surface area contributed by atoms with Crippen LogP contribution in [0.1, 0.15) is 37.7 Å². The molecule has 3 aliphatic rings. The van der Waals surface area contributed by atoms with Gasteiger partial charge in [-0.1, -0.05) is 11.6 Å². The number of nitrogens with one attached hydrogen (secondary N) is 1. The molecular weight excluding hydrogens is 527 g/mol. The predicted molar refractivity (Wildman–Crippen MR) is 132 cm³/mol. The lowest BCUT2D eigenvalue weighted by atomic mass is 9.91. The number of hydrogen-bond acceptors (Lipinski definition) is 8. The molecule has 2 saturated heterocycles. The number of H-pyrrole nitrogens is 1. The van der Waals surface area contributed by atoms with Crippen LogP contribution in [0.25, 0.3) is 0 Å². The van der Waals surface area contributed by atoms with Gasteiger partial charge >= 0.3 is 6.18 Å². The lowest BCUT2D eigenvalue weighted by Crippen LogP contribution is -2.49. The van der Waals surface area contributed by atoms with Gasteiger partial charge in [0.05, 0.1) is 29.3 Å². The Bertz CT molecular complexity index is 1250. The first-order valence-corrected chi connectivity index (χ1v) is 13.0. The van der Waals surface area contributed by atoms with Gasteiger partial charge in [0.15, 0.2) is 0 Å². The van der Waals surface area contributed by atoms with Crippen LogP contribution in [0.15, 0.2) is 23.4 Å². The summed E-state index contributed by atoms with van der Waals surface area (Å²) in [5, 5.41) is 5.89. The SMILES string of the molecule is O=C1[C@H](CC(=O)N2CCN(c3ncc(Cl)cn3)CC2)CC[C@@H]1[C@@H]1CCCN1c1cn[nH]c(=O)c1C(F)(F)F. The van der Waals surface area contributed by atoms with Crippen molar-refractivity contribution < 1.29 is 22.8 Å². The zero-order valence-corrected chi connectivity index (χ0v) is 21.2. The van der Waals surface area contributed by atoms with E-state index in [0.29, 0.717) is 69.4 Å². The Balaban J connectivity index is 1.21. The number of piperazine rings is 1. The van der Waals surface area contributed by atoms with Gasteiger partial charge in [-0.15, -0.1) is 0 Å². The number of aromatic amines is 1. The van der Waals surface area contributed by atoms with Crippen molar-refractivity contribution in [2.75, 3.05) is 42.5 Å². The molecule has 2 aromatic heterocycles. The fourth-order valence-electron chi connectivity index (χ4n) is 5.91. The standard InChI is InChI=1S/C24H27ClF3N7O3/c25-15-11-29-23(30-12-15)34-8-6-33(7-9-34)19(36)10-14-3-4-16(21(14)37)17-2-1-5-35(17)18-13-31-32-22(38)20(18)24(26,27)28/h11-14,16-17H,1-10H2,(H,32,38)/t14-,16+,17-/m0/s1. The highest BCUT2D eigenvalue weighted by Crippen LogP contribution is 2.42. The van der Waals surface area contributed by atoms with E-state index >= 15 is 0 Å². The molecule has 1 saturated carbocycles. The third kappa shape index (κ3) is 5.20. The van der Waals surface area contributed by atoms with Gasteiger partial charge in [0.2, 0.25) is 11.9 Å². The fraction of sp³-hybridized carbons (Fsp3) is 0.583. The van der Waals surface area contributed by atoms with E-state index in [9.17, 15) is 27.6 Å². The molecule has 10 nitrogen and oxygen atoms in total. The van der Waals surface area contributed by atoms with Gasteiger partial charge in [-0.05, 0) is 25.7 Å². The maximum absolute atomic E-state index is 13.7. The Morgan fingerprint density at radius 2 is 1.74 bits per heavy atom. The lowest BCUT2D eigenvalue weighted by Gasteiger charge is -2.35. The molecule has 0 spiro atoms.